The van der Waals surface area contributed by atoms with Gasteiger partial charge in [-0.25, -0.2) is 0 Å². The summed E-state index contributed by atoms with van der Waals surface area (Å²) in [6, 6.07) is 6.63. The molecule has 4 nitrogen and oxygen atoms in total. The van der Waals surface area contributed by atoms with Gasteiger partial charge < -0.3 is 14.9 Å². The molecule has 1 aromatic heterocycles. The summed E-state index contributed by atoms with van der Waals surface area (Å²) in [6.07, 6.45) is 1.85. The number of furan rings is 1. The van der Waals surface area contributed by atoms with Crippen LogP contribution in [-0.4, -0.2) is 43.5 Å². The van der Waals surface area contributed by atoms with E-state index in [1.807, 2.05) is 18.0 Å². The monoisotopic (exact) mass is 306 g/mol. The number of nitrogens with two attached hydrogens (primary N) is 1. The summed E-state index contributed by atoms with van der Waals surface area (Å²) in [5.74, 6) is 2.92. The van der Waals surface area contributed by atoms with Crippen LogP contribution in [0, 0.1) is 0 Å². The topological polar surface area (TPSA) is 51.6 Å². The minimum atomic E-state index is 0.714. The van der Waals surface area contributed by atoms with Crippen molar-refractivity contribution in [2.45, 2.75) is 12.3 Å². The van der Waals surface area contributed by atoms with Gasteiger partial charge >= 0.3 is 0 Å². The molecule has 0 aliphatic carbocycles. The standard InChI is InChI=1S/C16H22N2O2S/c17-3-8-21-12-16-15-9-13(1-2-14(15)11-20-16)10-18-4-6-19-7-5-18/h1-2,9,11H,3-8,10,12,17H2. The van der Waals surface area contributed by atoms with Gasteiger partial charge in [-0.2, -0.15) is 11.8 Å². The maximum atomic E-state index is 5.71. The van der Waals surface area contributed by atoms with Crippen LogP contribution in [0.15, 0.2) is 28.9 Å². The summed E-state index contributed by atoms with van der Waals surface area (Å²) in [4.78, 5) is 2.44. The van der Waals surface area contributed by atoms with Crippen LogP contribution in [0.25, 0.3) is 10.8 Å². The van der Waals surface area contributed by atoms with Crippen LogP contribution in [-0.2, 0) is 17.0 Å². The van der Waals surface area contributed by atoms with Crippen LogP contribution in [0.3, 0.4) is 0 Å². The molecule has 1 fully saturated rings. The predicted octanol–water partition coefficient (Wildman–Crippen LogP) is 2.46. The van der Waals surface area contributed by atoms with Gasteiger partial charge in [0.25, 0.3) is 0 Å². The summed E-state index contributed by atoms with van der Waals surface area (Å²) in [5, 5.41) is 2.43. The number of rotatable bonds is 6. The summed E-state index contributed by atoms with van der Waals surface area (Å²) < 4.78 is 11.1. The minimum absolute atomic E-state index is 0.714. The number of ether oxygens (including phenoxy) is 1. The molecule has 0 radical (unpaired) electrons. The average molecular weight is 306 g/mol. The van der Waals surface area contributed by atoms with Crippen LogP contribution >= 0.6 is 11.8 Å². The van der Waals surface area contributed by atoms with Gasteiger partial charge in [0.15, 0.2) is 0 Å². The molecule has 5 heteroatoms. The Balaban J connectivity index is 1.72. The lowest BCUT2D eigenvalue weighted by molar-refractivity contribution is 0.0342. The number of thioether (sulfide) groups is 1. The lowest BCUT2D eigenvalue weighted by atomic mass is 10.1. The Hall–Kier alpha value is -1.01. The molecule has 1 saturated heterocycles. The second kappa shape index (κ2) is 7.31. The minimum Gasteiger partial charge on any atom is -0.467 e. The zero-order valence-electron chi connectivity index (χ0n) is 12.2. The van der Waals surface area contributed by atoms with Crippen molar-refractivity contribution in [3.05, 3.63) is 35.8 Å². The van der Waals surface area contributed by atoms with Crippen LogP contribution in [0.4, 0.5) is 0 Å². The third-order valence-electron chi connectivity index (χ3n) is 3.75. The largest absolute Gasteiger partial charge is 0.467 e. The van der Waals surface area contributed by atoms with E-state index in [0.717, 1.165) is 50.1 Å². The van der Waals surface area contributed by atoms with Crippen molar-refractivity contribution in [2.24, 2.45) is 5.73 Å². The maximum absolute atomic E-state index is 5.71. The zero-order valence-corrected chi connectivity index (χ0v) is 13.0. The van der Waals surface area contributed by atoms with Crippen molar-refractivity contribution in [1.29, 1.82) is 0 Å². The molecule has 1 aromatic carbocycles. The van der Waals surface area contributed by atoms with Gasteiger partial charge in [-0.15, -0.1) is 0 Å². The van der Waals surface area contributed by atoms with Crippen LogP contribution in [0.2, 0.25) is 0 Å². The predicted molar refractivity (Wildman–Crippen MR) is 87.5 cm³/mol. The highest BCUT2D eigenvalue weighted by Crippen LogP contribution is 2.26. The number of fused-ring (bicyclic) bond motifs is 1. The Morgan fingerprint density at radius 3 is 2.90 bits per heavy atom. The van der Waals surface area contributed by atoms with Crippen molar-refractivity contribution >= 4 is 22.5 Å². The Labute approximate surface area is 129 Å². The molecule has 2 heterocycles. The van der Waals surface area contributed by atoms with Crippen molar-refractivity contribution in [2.75, 3.05) is 38.6 Å². The first kappa shape index (κ1) is 14.9. The number of morpholine rings is 1. The van der Waals surface area contributed by atoms with Gasteiger partial charge in [0.2, 0.25) is 0 Å². The zero-order chi connectivity index (χ0) is 14.5. The molecule has 0 unspecified atom stereocenters. The summed E-state index contributed by atoms with van der Waals surface area (Å²) in [5.41, 5.74) is 6.89. The second-order valence-electron chi connectivity index (χ2n) is 5.31. The summed E-state index contributed by atoms with van der Waals surface area (Å²) in [6.45, 7) is 5.42. The third kappa shape index (κ3) is 3.80. The van der Waals surface area contributed by atoms with E-state index in [1.165, 1.54) is 16.3 Å². The Morgan fingerprint density at radius 2 is 2.10 bits per heavy atom. The summed E-state index contributed by atoms with van der Waals surface area (Å²) in [7, 11) is 0. The molecule has 2 aromatic rings. The van der Waals surface area contributed by atoms with Gasteiger partial charge in [0.1, 0.15) is 5.76 Å². The molecule has 1 aliphatic rings. The lowest BCUT2D eigenvalue weighted by Gasteiger charge is -2.26. The summed E-state index contributed by atoms with van der Waals surface area (Å²) >= 11 is 1.82. The van der Waals surface area contributed by atoms with Crippen molar-refractivity contribution in [3.8, 4) is 0 Å². The first-order valence-electron chi connectivity index (χ1n) is 7.44. The van der Waals surface area contributed by atoms with Crippen molar-refractivity contribution in [3.63, 3.8) is 0 Å². The molecule has 21 heavy (non-hydrogen) atoms. The number of nitrogens with zero attached hydrogens (tertiary/aromatic N) is 1. The first-order valence-corrected chi connectivity index (χ1v) is 8.59. The van der Waals surface area contributed by atoms with E-state index in [9.17, 15) is 0 Å². The third-order valence-corrected chi connectivity index (χ3v) is 4.74. The molecule has 3 rings (SSSR count). The molecule has 0 atom stereocenters. The van der Waals surface area contributed by atoms with Crippen LogP contribution < -0.4 is 5.73 Å². The Bertz CT molecular complexity index is 579. The van der Waals surface area contributed by atoms with E-state index in [-0.39, 0.29) is 0 Å². The SMILES string of the molecule is NCCSCc1occ2ccc(CN3CCOCC3)cc12. The second-order valence-corrected chi connectivity index (χ2v) is 6.42. The first-order chi connectivity index (χ1) is 10.4. The highest BCUT2D eigenvalue weighted by atomic mass is 32.2. The fourth-order valence-corrected chi connectivity index (χ4v) is 3.34. The number of hydrogen-bond acceptors (Lipinski definition) is 5. The molecule has 114 valence electrons. The average Bonchev–Trinajstić information content (AvgIpc) is 2.91. The van der Waals surface area contributed by atoms with Crippen LogP contribution in [0.5, 0.6) is 0 Å². The van der Waals surface area contributed by atoms with Gasteiger partial charge in [0.05, 0.1) is 25.2 Å². The van der Waals surface area contributed by atoms with E-state index in [1.54, 1.807) is 0 Å². The van der Waals surface area contributed by atoms with Crippen molar-refractivity contribution in [1.82, 2.24) is 4.90 Å². The number of benzene rings is 1. The van der Waals surface area contributed by atoms with Gasteiger partial charge in [-0.1, -0.05) is 12.1 Å². The molecule has 0 amide bonds. The molecule has 2 N–H and O–H groups in total. The quantitative estimate of drug-likeness (QED) is 0.831. The highest BCUT2D eigenvalue weighted by molar-refractivity contribution is 7.98. The normalized spacial score (nSPS) is 16.6. The number of hydrogen-bond donors (Lipinski definition) is 1. The van der Waals surface area contributed by atoms with E-state index < -0.39 is 0 Å². The highest BCUT2D eigenvalue weighted by Gasteiger charge is 2.12. The molecule has 0 bridgehead atoms. The lowest BCUT2D eigenvalue weighted by Crippen LogP contribution is -2.35. The fourth-order valence-electron chi connectivity index (χ4n) is 2.62. The van der Waals surface area contributed by atoms with Crippen LogP contribution in [0.1, 0.15) is 11.3 Å². The van der Waals surface area contributed by atoms with Gasteiger partial charge in [-0.3, -0.25) is 4.90 Å². The molecule has 0 spiro atoms. The molecule has 1 aliphatic heterocycles. The molecular formula is C16H22N2O2S. The molecule has 0 saturated carbocycles. The Kier molecular flexibility index (Phi) is 5.19. The van der Waals surface area contributed by atoms with E-state index in [0.29, 0.717) is 6.54 Å². The van der Waals surface area contributed by atoms with Gasteiger partial charge in [0, 0.05) is 42.7 Å². The van der Waals surface area contributed by atoms with E-state index >= 15 is 0 Å². The smallest absolute Gasteiger partial charge is 0.121 e. The maximum Gasteiger partial charge on any atom is 0.121 e. The van der Waals surface area contributed by atoms with Crippen molar-refractivity contribution < 1.29 is 9.15 Å². The van der Waals surface area contributed by atoms with Gasteiger partial charge in [-0.05, 0) is 11.6 Å². The van der Waals surface area contributed by atoms with E-state index in [4.69, 9.17) is 14.9 Å². The van der Waals surface area contributed by atoms with E-state index in [2.05, 4.69) is 23.1 Å². The molecular weight excluding hydrogens is 284 g/mol. The Morgan fingerprint density at radius 1 is 1.24 bits per heavy atom. The fraction of sp³-hybridized carbons (Fsp3) is 0.500.